The molecule has 1 aliphatic carbocycles. The molecule has 0 bridgehead atoms. The number of rotatable bonds is 5. The Bertz CT molecular complexity index is 528. The van der Waals surface area contributed by atoms with Gasteiger partial charge in [0.2, 0.25) is 11.8 Å². The Balaban J connectivity index is 1.44. The van der Waals surface area contributed by atoms with Crippen molar-refractivity contribution in [3.05, 3.63) is 30.1 Å². The van der Waals surface area contributed by atoms with Gasteiger partial charge in [0, 0.05) is 43.9 Å². The molecule has 2 amide bonds. The fourth-order valence-electron chi connectivity index (χ4n) is 2.98. The van der Waals surface area contributed by atoms with Crippen LogP contribution in [0, 0.1) is 11.8 Å². The molecule has 3 rings (SSSR count). The minimum Gasteiger partial charge on any atom is -0.355 e. The predicted molar refractivity (Wildman–Crippen MR) is 83.0 cm³/mol. The minimum absolute atomic E-state index is 0.0554. The zero-order valence-corrected chi connectivity index (χ0v) is 12.8. The number of amides is 2. The van der Waals surface area contributed by atoms with Crippen LogP contribution in [0.4, 0.5) is 0 Å². The Morgan fingerprint density at radius 1 is 1.23 bits per heavy atom. The second kappa shape index (κ2) is 6.90. The van der Waals surface area contributed by atoms with Gasteiger partial charge in [-0.3, -0.25) is 14.6 Å². The number of carbonyl (C=O) groups is 2. The van der Waals surface area contributed by atoms with E-state index in [4.69, 9.17) is 0 Å². The van der Waals surface area contributed by atoms with E-state index in [0.717, 1.165) is 44.3 Å². The van der Waals surface area contributed by atoms with Gasteiger partial charge in [-0.2, -0.15) is 0 Å². The molecule has 22 heavy (non-hydrogen) atoms. The molecule has 0 unspecified atom stereocenters. The molecule has 1 aromatic rings. The first-order chi connectivity index (χ1) is 10.7. The summed E-state index contributed by atoms with van der Waals surface area (Å²) < 4.78 is 0. The van der Waals surface area contributed by atoms with Crippen molar-refractivity contribution in [1.29, 1.82) is 0 Å². The lowest BCUT2D eigenvalue weighted by molar-refractivity contribution is -0.136. The number of likely N-dealkylation sites (tertiary alicyclic amines) is 1. The zero-order valence-electron chi connectivity index (χ0n) is 12.8. The van der Waals surface area contributed by atoms with Crippen molar-refractivity contribution in [3.63, 3.8) is 0 Å². The molecule has 0 spiro atoms. The molecule has 1 saturated carbocycles. The van der Waals surface area contributed by atoms with Gasteiger partial charge in [-0.1, -0.05) is 6.07 Å². The molecule has 0 radical (unpaired) electrons. The van der Waals surface area contributed by atoms with E-state index >= 15 is 0 Å². The standard InChI is InChI=1S/C17H23N3O2/c21-16(19-10-8-15-5-1-2-9-18-15)14-4-3-11-20(12-14)17(22)13-6-7-13/h1-2,5,9,13-14H,3-4,6-8,10-12H2,(H,19,21)/t14-/m1/s1. The summed E-state index contributed by atoms with van der Waals surface area (Å²) >= 11 is 0. The first-order valence-electron chi connectivity index (χ1n) is 8.20. The molecule has 1 saturated heterocycles. The lowest BCUT2D eigenvalue weighted by Crippen LogP contribution is -2.46. The largest absolute Gasteiger partial charge is 0.355 e. The van der Waals surface area contributed by atoms with Crippen molar-refractivity contribution in [2.45, 2.75) is 32.1 Å². The summed E-state index contributed by atoms with van der Waals surface area (Å²) in [5, 5.41) is 2.99. The second-order valence-electron chi connectivity index (χ2n) is 6.26. The van der Waals surface area contributed by atoms with Crippen LogP contribution in [0.3, 0.4) is 0 Å². The Hall–Kier alpha value is -1.91. The van der Waals surface area contributed by atoms with E-state index in [-0.39, 0.29) is 23.7 Å². The van der Waals surface area contributed by atoms with Crippen LogP contribution in [-0.4, -0.2) is 41.3 Å². The molecule has 1 aromatic heterocycles. The molecule has 2 aliphatic rings. The summed E-state index contributed by atoms with van der Waals surface area (Å²) in [4.78, 5) is 30.5. The topological polar surface area (TPSA) is 62.3 Å². The quantitative estimate of drug-likeness (QED) is 0.894. The van der Waals surface area contributed by atoms with Crippen molar-refractivity contribution in [2.75, 3.05) is 19.6 Å². The van der Waals surface area contributed by atoms with E-state index in [0.29, 0.717) is 13.1 Å². The SMILES string of the molecule is O=C(NCCc1ccccn1)[C@@H]1CCCN(C(=O)C2CC2)C1. The number of hydrogen-bond acceptors (Lipinski definition) is 3. The third-order valence-corrected chi connectivity index (χ3v) is 4.44. The van der Waals surface area contributed by atoms with Gasteiger partial charge in [0.05, 0.1) is 5.92 Å². The number of hydrogen-bond donors (Lipinski definition) is 1. The maximum Gasteiger partial charge on any atom is 0.225 e. The fraction of sp³-hybridized carbons (Fsp3) is 0.588. The van der Waals surface area contributed by atoms with Gasteiger partial charge >= 0.3 is 0 Å². The number of pyridine rings is 1. The summed E-state index contributed by atoms with van der Waals surface area (Å²) in [7, 11) is 0. The van der Waals surface area contributed by atoms with Crippen LogP contribution < -0.4 is 5.32 Å². The Morgan fingerprint density at radius 3 is 2.82 bits per heavy atom. The normalized spacial score (nSPS) is 21.5. The van der Waals surface area contributed by atoms with Gasteiger partial charge in [-0.05, 0) is 37.8 Å². The van der Waals surface area contributed by atoms with Gasteiger partial charge in [0.25, 0.3) is 0 Å². The van der Waals surface area contributed by atoms with Crippen LogP contribution in [-0.2, 0) is 16.0 Å². The Morgan fingerprint density at radius 2 is 2.09 bits per heavy atom. The van der Waals surface area contributed by atoms with Gasteiger partial charge < -0.3 is 10.2 Å². The maximum atomic E-state index is 12.3. The van der Waals surface area contributed by atoms with Crippen molar-refractivity contribution < 1.29 is 9.59 Å². The van der Waals surface area contributed by atoms with Crippen LogP contribution >= 0.6 is 0 Å². The van der Waals surface area contributed by atoms with Crippen LogP contribution in [0.15, 0.2) is 24.4 Å². The number of piperidine rings is 1. The molecular weight excluding hydrogens is 278 g/mol. The van der Waals surface area contributed by atoms with Crippen LogP contribution in [0.25, 0.3) is 0 Å². The molecule has 2 fully saturated rings. The third kappa shape index (κ3) is 3.84. The summed E-state index contributed by atoms with van der Waals surface area (Å²) in [5.41, 5.74) is 0.983. The molecule has 5 heteroatoms. The molecule has 1 atom stereocenters. The third-order valence-electron chi connectivity index (χ3n) is 4.44. The highest BCUT2D eigenvalue weighted by atomic mass is 16.2. The van der Waals surface area contributed by atoms with Gasteiger partial charge in [-0.15, -0.1) is 0 Å². The molecule has 1 aliphatic heterocycles. The molecular formula is C17H23N3O2. The van der Waals surface area contributed by atoms with E-state index in [9.17, 15) is 9.59 Å². The van der Waals surface area contributed by atoms with Gasteiger partial charge in [0.1, 0.15) is 0 Å². The lowest BCUT2D eigenvalue weighted by atomic mass is 9.96. The molecule has 0 aromatic carbocycles. The van der Waals surface area contributed by atoms with Crippen molar-refractivity contribution in [2.24, 2.45) is 11.8 Å². The Labute approximate surface area is 131 Å². The minimum atomic E-state index is -0.0554. The lowest BCUT2D eigenvalue weighted by Gasteiger charge is -2.32. The highest BCUT2D eigenvalue weighted by molar-refractivity contribution is 5.83. The van der Waals surface area contributed by atoms with Crippen LogP contribution in [0.5, 0.6) is 0 Å². The number of aromatic nitrogens is 1. The smallest absolute Gasteiger partial charge is 0.225 e. The highest BCUT2D eigenvalue weighted by Crippen LogP contribution is 2.32. The summed E-state index contributed by atoms with van der Waals surface area (Å²) in [6, 6.07) is 5.80. The average Bonchev–Trinajstić information content (AvgIpc) is 3.40. The fourth-order valence-corrected chi connectivity index (χ4v) is 2.98. The molecule has 5 nitrogen and oxygen atoms in total. The van der Waals surface area contributed by atoms with Crippen molar-refractivity contribution in [1.82, 2.24) is 15.2 Å². The maximum absolute atomic E-state index is 12.3. The summed E-state index contributed by atoms with van der Waals surface area (Å²) in [6.45, 7) is 2.00. The van der Waals surface area contributed by atoms with Gasteiger partial charge in [0.15, 0.2) is 0 Å². The number of nitrogens with zero attached hydrogens (tertiary/aromatic N) is 2. The highest BCUT2D eigenvalue weighted by Gasteiger charge is 2.36. The first kappa shape index (κ1) is 15.0. The van der Waals surface area contributed by atoms with E-state index < -0.39 is 0 Å². The second-order valence-corrected chi connectivity index (χ2v) is 6.26. The van der Waals surface area contributed by atoms with Crippen LogP contribution in [0.1, 0.15) is 31.4 Å². The van der Waals surface area contributed by atoms with Gasteiger partial charge in [-0.25, -0.2) is 0 Å². The Kier molecular flexibility index (Phi) is 4.71. The van der Waals surface area contributed by atoms with Crippen LogP contribution in [0.2, 0.25) is 0 Å². The van der Waals surface area contributed by atoms with Crippen molar-refractivity contribution >= 4 is 11.8 Å². The van der Waals surface area contributed by atoms with E-state index in [2.05, 4.69) is 10.3 Å². The predicted octanol–water partition coefficient (Wildman–Crippen LogP) is 1.39. The molecule has 1 N–H and O–H groups in total. The average molecular weight is 301 g/mol. The monoisotopic (exact) mass is 301 g/mol. The molecule has 118 valence electrons. The zero-order chi connectivity index (χ0) is 15.4. The summed E-state index contributed by atoms with van der Waals surface area (Å²) in [5.74, 6) is 0.515. The molecule has 2 heterocycles. The summed E-state index contributed by atoms with van der Waals surface area (Å²) in [6.07, 6.45) is 6.36. The number of carbonyl (C=O) groups excluding carboxylic acids is 2. The van der Waals surface area contributed by atoms with E-state index in [1.54, 1.807) is 6.20 Å². The first-order valence-corrected chi connectivity index (χ1v) is 8.20. The van der Waals surface area contributed by atoms with Crippen molar-refractivity contribution in [3.8, 4) is 0 Å². The number of nitrogens with one attached hydrogen (secondary N) is 1. The van der Waals surface area contributed by atoms with E-state index in [1.807, 2.05) is 23.1 Å². The van der Waals surface area contributed by atoms with E-state index in [1.165, 1.54) is 0 Å².